The van der Waals surface area contributed by atoms with Crippen molar-refractivity contribution in [2.75, 3.05) is 37.6 Å². The third kappa shape index (κ3) is 4.72. The summed E-state index contributed by atoms with van der Waals surface area (Å²) in [6.45, 7) is 5.73. The van der Waals surface area contributed by atoms with Gasteiger partial charge in [0.1, 0.15) is 13.1 Å². The molecule has 0 aromatic carbocycles. The van der Waals surface area contributed by atoms with Crippen molar-refractivity contribution < 1.29 is 14.6 Å². The van der Waals surface area contributed by atoms with E-state index in [4.69, 9.17) is 0 Å². The van der Waals surface area contributed by atoms with Crippen molar-refractivity contribution in [1.29, 1.82) is 0 Å². The topological polar surface area (TPSA) is 66.8 Å². The van der Waals surface area contributed by atoms with Crippen LogP contribution in [0.4, 0.5) is 5.82 Å². The number of H-pyrrole nitrogens is 1. The quantitative estimate of drug-likeness (QED) is 0.830. The molecule has 1 aliphatic heterocycles. The van der Waals surface area contributed by atoms with E-state index in [1.54, 1.807) is 0 Å². The largest absolute Gasteiger partial charge is 0.356 e. The summed E-state index contributed by atoms with van der Waals surface area (Å²) in [6, 6.07) is 5.99. The number of aromatic nitrogens is 1. The molecule has 2 rings (SSSR count). The lowest BCUT2D eigenvalue weighted by molar-refractivity contribution is -0.364. The summed E-state index contributed by atoms with van der Waals surface area (Å²) in [7, 11) is 0. The van der Waals surface area contributed by atoms with Crippen LogP contribution in [0.15, 0.2) is 24.4 Å². The molecule has 0 radical (unpaired) electrons. The maximum atomic E-state index is 12.1. The van der Waals surface area contributed by atoms with Crippen LogP contribution in [-0.2, 0) is 9.59 Å². The number of aromatic amines is 1. The van der Waals surface area contributed by atoms with Crippen LogP contribution in [0.3, 0.4) is 0 Å². The summed E-state index contributed by atoms with van der Waals surface area (Å²) in [6.07, 6.45) is 3.40. The van der Waals surface area contributed by atoms with E-state index in [1.807, 2.05) is 36.2 Å². The first-order valence-electron chi connectivity index (χ1n) is 7.97. The Morgan fingerprint density at radius 2 is 1.95 bits per heavy atom. The van der Waals surface area contributed by atoms with Crippen LogP contribution in [0.2, 0.25) is 0 Å². The first-order chi connectivity index (χ1) is 10.7. The van der Waals surface area contributed by atoms with Gasteiger partial charge in [-0.3, -0.25) is 14.5 Å². The highest BCUT2D eigenvalue weighted by molar-refractivity contribution is 5.83. The Morgan fingerprint density at radius 1 is 1.18 bits per heavy atom. The molecule has 0 saturated carbocycles. The van der Waals surface area contributed by atoms with E-state index in [0.29, 0.717) is 26.1 Å². The van der Waals surface area contributed by atoms with Crippen molar-refractivity contribution >= 4 is 17.6 Å². The van der Waals surface area contributed by atoms with E-state index in [2.05, 4.69) is 15.2 Å². The third-order valence-corrected chi connectivity index (χ3v) is 3.80. The van der Waals surface area contributed by atoms with Crippen LogP contribution in [-0.4, -0.2) is 49.4 Å². The van der Waals surface area contributed by atoms with Gasteiger partial charge < -0.3 is 10.2 Å². The number of carbonyl (C=O) groups excluding carboxylic acids is 2. The van der Waals surface area contributed by atoms with Gasteiger partial charge in [0.25, 0.3) is 5.82 Å². The molecule has 1 aromatic heterocycles. The molecule has 2 N–H and O–H groups in total. The molecular weight excluding hydrogens is 280 g/mol. The first kappa shape index (κ1) is 16.3. The van der Waals surface area contributed by atoms with Gasteiger partial charge in [-0.25, -0.2) is 4.98 Å². The molecule has 0 atom stereocenters. The highest BCUT2D eigenvalue weighted by Gasteiger charge is 2.25. The number of piperazine rings is 1. The average Bonchev–Trinajstić information content (AvgIpc) is 2.58. The summed E-state index contributed by atoms with van der Waals surface area (Å²) in [5, 5.41) is 2.80. The number of hydrogen-bond acceptors (Lipinski definition) is 3. The Kier molecular flexibility index (Phi) is 6.18. The second-order valence-corrected chi connectivity index (χ2v) is 5.47. The van der Waals surface area contributed by atoms with Crippen molar-refractivity contribution in [1.82, 2.24) is 10.2 Å². The zero-order valence-corrected chi connectivity index (χ0v) is 13.2. The summed E-state index contributed by atoms with van der Waals surface area (Å²) >= 11 is 0. The van der Waals surface area contributed by atoms with E-state index in [9.17, 15) is 9.59 Å². The predicted octanol–water partition coefficient (Wildman–Crippen LogP) is 0.456. The SMILES string of the molecule is CCCNC(=O)CCC(=O)N1CCN(c2cccc[nH+]2)CC1. The van der Waals surface area contributed by atoms with Crippen LogP contribution in [0, 0.1) is 0 Å². The van der Waals surface area contributed by atoms with E-state index in [-0.39, 0.29) is 18.2 Å². The minimum atomic E-state index is -0.0345. The van der Waals surface area contributed by atoms with Gasteiger partial charge >= 0.3 is 0 Å². The molecule has 2 heterocycles. The monoisotopic (exact) mass is 305 g/mol. The number of nitrogens with one attached hydrogen (secondary N) is 2. The molecule has 0 unspecified atom stereocenters. The van der Waals surface area contributed by atoms with E-state index >= 15 is 0 Å². The molecule has 6 nitrogen and oxygen atoms in total. The Labute approximate surface area is 131 Å². The Hall–Kier alpha value is -2.11. The molecular formula is C16H25N4O2+. The van der Waals surface area contributed by atoms with Crippen molar-refractivity contribution in [3.8, 4) is 0 Å². The zero-order chi connectivity index (χ0) is 15.8. The number of carbonyl (C=O) groups is 2. The molecule has 1 fully saturated rings. The second-order valence-electron chi connectivity index (χ2n) is 5.47. The molecule has 1 saturated heterocycles. The smallest absolute Gasteiger partial charge is 0.274 e. The van der Waals surface area contributed by atoms with Crippen LogP contribution >= 0.6 is 0 Å². The fraction of sp³-hybridized carbons (Fsp3) is 0.562. The van der Waals surface area contributed by atoms with Crippen molar-refractivity contribution in [3.05, 3.63) is 24.4 Å². The summed E-state index contributed by atoms with van der Waals surface area (Å²) in [4.78, 5) is 31.0. The molecule has 1 aromatic rings. The van der Waals surface area contributed by atoms with Gasteiger partial charge in [0.2, 0.25) is 11.8 Å². The van der Waals surface area contributed by atoms with Gasteiger partial charge in [-0.05, 0) is 12.5 Å². The lowest BCUT2D eigenvalue weighted by atomic mass is 10.2. The molecule has 6 heteroatoms. The highest BCUT2D eigenvalue weighted by Crippen LogP contribution is 2.11. The molecule has 0 spiro atoms. The number of hydrogen-bond donors (Lipinski definition) is 1. The van der Waals surface area contributed by atoms with Gasteiger partial charge in [-0.15, -0.1) is 0 Å². The summed E-state index contributed by atoms with van der Waals surface area (Å²) < 4.78 is 0. The lowest BCUT2D eigenvalue weighted by Crippen LogP contribution is -2.50. The van der Waals surface area contributed by atoms with Crippen molar-refractivity contribution in [2.24, 2.45) is 0 Å². The molecule has 0 bridgehead atoms. The van der Waals surface area contributed by atoms with Gasteiger partial charge in [0, 0.05) is 25.5 Å². The lowest BCUT2D eigenvalue weighted by Gasteiger charge is -2.31. The van der Waals surface area contributed by atoms with Crippen LogP contribution in [0.5, 0.6) is 0 Å². The molecule has 0 aliphatic carbocycles. The van der Waals surface area contributed by atoms with E-state index in [1.165, 1.54) is 0 Å². The first-order valence-corrected chi connectivity index (χ1v) is 7.97. The van der Waals surface area contributed by atoms with Crippen LogP contribution in [0.25, 0.3) is 0 Å². The molecule has 1 aliphatic rings. The second kappa shape index (κ2) is 8.36. The molecule has 120 valence electrons. The Bertz CT molecular complexity index is 484. The maximum absolute atomic E-state index is 12.1. The van der Waals surface area contributed by atoms with E-state index in [0.717, 1.165) is 25.3 Å². The Morgan fingerprint density at radius 3 is 2.59 bits per heavy atom. The highest BCUT2D eigenvalue weighted by atomic mass is 16.2. The number of pyridine rings is 1. The fourth-order valence-electron chi connectivity index (χ4n) is 2.51. The molecule has 2 amide bonds. The van der Waals surface area contributed by atoms with Gasteiger partial charge in [0.15, 0.2) is 0 Å². The summed E-state index contributed by atoms with van der Waals surface area (Å²) in [5.74, 6) is 1.12. The minimum Gasteiger partial charge on any atom is -0.356 e. The normalized spacial score (nSPS) is 14.8. The van der Waals surface area contributed by atoms with Crippen molar-refractivity contribution in [2.45, 2.75) is 26.2 Å². The van der Waals surface area contributed by atoms with Crippen LogP contribution < -0.4 is 15.2 Å². The number of amides is 2. The van der Waals surface area contributed by atoms with Crippen molar-refractivity contribution in [3.63, 3.8) is 0 Å². The zero-order valence-electron chi connectivity index (χ0n) is 13.2. The van der Waals surface area contributed by atoms with Gasteiger partial charge in [0.05, 0.1) is 19.3 Å². The summed E-state index contributed by atoms with van der Waals surface area (Å²) in [5.41, 5.74) is 0. The predicted molar refractivity (Wildman–Crippen MR) is 84.3 cm³/mol. The third-order valence-electron chi connectivity index (χ3n) is 3.80. The number of rotatable bonds is 6. The molecule has 22 heavy (non-hydrogen) atoms. The van der Waals surface area contributed by atoms with Gasteiger partial charge in [-0.1, -0.05) is 13.0 Å². The Balaban J connectivity index is 1.72. The fourth-order valence-corrected chi connectivity index (χ4v) is 2.51. The maximum Gasteiger partial charge on any atom is 0.274 e. The average molecular weight is 305 g/mol. The van der Waals surface area contributed by atoms with E-state index < -0.39 is 0 Å². The van der Waals surface area contributed by atoms with Crippen LogP contribution in [0.1, 0.15) is 26.2 Å². The minimum absolute atomic E-state index is 0.0345. The number of anilines is 1. The van der Waals surface area contributed by atoms with Gasteiger partial charge in [-0.2, -0.15) is 0 Å². The number of nitrogens with zero attached hydrogens (tertiary/aromatic N) is 2. The standard InChI is InChI=1S/C16H24N4O2/c1-2-8-18-15(21)6-7-16(22)20-12-10-19(11-13-20)14-5-3-4-9-17-14/h3-5,9H,2,6-8,10-13H2,1H3,(H,18,21)/p+1.